The highest BCUT2D eigenvalue weighted by Gasteiger charge is 2.67. The molecule has 0 spiro atoms. The normalized spacial score (nSPS) is 31.5. The summed E-state index contributed by atoms with van der Waals surface area (Å²) in [7, 11) is 0. The van der Waals surface area contributed by atoms with Crippen molar-refractivity contribution in [3.63, 3.8) is 0 Å². The van der Waals surface area contributed by atoms with Crippen LogP contribution in [-0.2, 0) is 9.53 Å². The van der Waals surface area contributed by atoms with Crippen molar-refractivity contribution in [2.24, 2.45) is 5.41 Å². The molecule has 0 aromatic heterocycles. The molecule has 4 fully saturated rings. The lowest BCUT2D eigenvalue weighted by Crippen LogP contribution is -2.68. The second-order valence-electron chi connectivity index (χ2n) is 9.37. The zero-order valence-electron chi connectivity index (χ0n) is 17.1. The molecule has 1 heterocycles. The van der Waals surface area contributed by atoms with Crippen LogP contribution in [0.2, 0.25) is 0 Å². The Kier molecular flexibility index (Phi) is 5.33. The topological polar surface area (TPSA) is 29.5 Å². The molecule has 0 N–H and O–H groups in total. The molecule has 1 atom stereocenters. The van der Waals surface area contributed by atoms with Gasteiger partial charge in [0.1, 0.15) is 0 Å². The van der Waals surface area contributed by atoms with Crippen molar-refractivity contribution >= 4 is 5.91 Å². The van der Waals surface area contributed by atoms with Crippen molar-refractivity contribution < 1.29 is 9.53 Å². The minimum absolute atomic E-state index is 0.283. The van der Waals surface area contributed by atoms with E-state index in [0.29, 0.717) is 17.4 Å². The van der Waals surface area contributed by atoms with Crippen LogP contribution < -0.4 is 0 Å². The molecule has 4 aliphatic rings. The summed E-state index contributed by atoms with van der Waals surface area (Å²) in [6.07, 6.45) is 11.7. The molecule has 3 saturated carbocycles. The third-order valence-corrected chi connectivity index (χ3v) is 7.14. The number of carbonyl (C=O) groups excluding carboxylic acids is 1. The van der Waals surface area contributed by atoms with Crippen molar-refractivity contribution in [1.82, 2.24) is 4.90 Å². The average molecular weight is 370 g/mol. The standard InChI is InChI=1S/C24H35NO2/c1-3-27-24-16-23(17-24,18-24)13-6-4-5-12-22(26)25-14-8-11-21(25)20-10-7-9-19(2)15-20/h7,9-10,15,21H,3-6,8,11-14,16-18H2,1-2H3. The minimum atomic E-state index is 0.283. The summed E-state index contributed by atoms with van der Waals surface area (Å²) in [6, 6.07) is 8.98. The molecule has 3 aliphatic carbocycles. The lowest BCUT2D eigenvalue weighted by molar-refractivity contribution is -0.286. The van der Waals surface area contributed by atoms with Crippen LogP contribution in [0.3, 0.4) is 0 Å². The maximum atomic E-state index is 12.8. The number of carbonyl (C=O) groups is 1. The monoisotopic (exact) mass is 369 g/mol. The Morgan fingerprint density at radius 1 is 1.22 bits per heavy atom. The number of unbranched alkanes of at least 4 members (excludes halogenated alkanes) is 2. The lowest BCUT2D eigenvalue weighted by Gasteiger charge is -2.70. The van der Waals surface area contributed by atoms with Crippen LogP contribution in [0.1, 0.15) is 88.3 Å². The van der Waals surface area contributed by atoms with Gasteiger partial charge in [0.05, 0.1) is 11.6 Å². The predicted octanol–water partition coefficient (Wildman–Crippen LogP) is 5.57. The fourth-order valence-electron chi connectivity index (χ4n) is 6.01. The van der Waals surface area contributed by atoms with Crippen LogP contribution in [0.25, 0.3) is 0 Å². The molecule has 1 aliphatic heterocycles. The Hall–Kier alpha value is -1.35. The molecular formula is C24H35NO2. The molecule has 1 aromatic carbocycles. The number of hydrogen-bond donors (Lipinski definition) is 0. The highest BCUT2D eigenvalue weighted by atomic mass is 16.5. The number of rotatable bonds is 9. The number of aryl methyl sites for hydroxylation is 1. The minimum Gasteiger partial charge on any atom is -0.375 e. The van der Waals surface area contributed by atoms with Crippen LogP contribution >= 0.6 is 0 Å². The summed E-state index contributed by atoms with van der Waals surface area (Å²) in [5.74, 6) is 0.361. The first kappa shape index (κ1) is 19.0. The van der Waals surface area contributed by atoms with E-state index in [4.69, 9.17) is 4.74 Å². The van der Waals surface area contributed by atoms with Gasteiger partial charge in [-0.1, -0.05) is 42.7 Å². The van der Waals surface area contributed by atoms with Crippen molar-refractivity contribution in [1.29, 1.82) is 0 Å². The smallest absolute Gasteiger partial charge is 0.223 e. The van der Waals surface area contributed by atoms with Crippen LogP contribution in [0.5, 0.6) is 0 Å². The molecule has 1 aromatic rings. The van der Waals surface area contributed by atoms with E-state index in [1.807, 2.05) is 0 Å². The van der Waals surface area contributed by atoms with Gasteiger partial charge in [-0.25, -0.2) is 0 Å². The van der Waals surface area contributed by atoms with Crippen LogP contribution in [0.15, 0.2) is 24.3 Å². The van der Waals surface area contributed by atoms with Gasteiger partial charge in [0.25, 0.3) is 0 Å². The molecule has 3 nitrogen and oxygen atoms in total. The molecule has 148 valence electrons. The van der Waals surface area contributed by atoms with Crippen molar-refractivity contribution in [2.75, 3.05) is 13.2 Å². The Morgan fingerprint density at radius 2 is 2.04 bits per heavy atom. The summed E-state index contributed by atoms with van der Waals surface area (Å²) in [5.41, 5.74) is 3.49. The van der Waals surface area contributed by atoms with Gasteiger partial charge < -0.3 is 9.64 Å². The molecule has 1 amide bonds. The van der Waals surface area contributed by atoms with Gasteiger partial charge in [0, 0.05) is 19.6 Å². The first-order valence-corrected chi connectivity index (χ1v) is 11.0. The van der Waals surface area contributed by atoms with Gasteiger partial charge in [-0.3, -0.25) is 4.79 Å². The zero-order chi connectivity index (χ0) is 18.9. The Morgan fingerprint density at radius 3 is 2.78 bits per heavy atom. The van der Waals surface area contributed by atoms with Crippen molar-refractivity contribution in [3.8, 4) is 0 Å². The summed E-state index contributed by atoms with van der Waals surface area (Å²) in [4.78, 5) is 14.9. The van der Waals surface area contributed by atoms with Gasteiger partial charge in [0.15, 0.2) is 0 Å². The molecule has 0 radical (unpaired) electrons. The third-order valence-electron chi connectivity index (χ3n) is 7.14. The number of amides is 1. The van der Waals surface area contributed by atoms with E-state index in [-0.39, 0.29) is 5.60 Å². The van der Waals surface area contributed by atoms with Gasteiger partial charge >= 0.3 is 0 Å². The second kappa shape index (κ2) is 7.58. The number of hydrogen-bond acceptors (Lipinski definition) is 2. The third kappa shape index (κ3) is 3.81. The largest absolute Gasteiger partial charge is 0.375 e. The summed E-state index contributed by atoms with van der Waals surface area (Å²) in [5, 5.41) is 0. The predicted molar refractivity (Wildman–Crippen MR) is 109 cm³/mol. The van der Waals surface area contributed by atoms with E-state index in [0.717, 1.165) is 38.8 Å². The summed E-state index contributed by atoms with van der Waals surface area (Å²) in [6.45, 7) is 6.03. The number of benzene rings is 1. The zero-order valence-corrected chi connectivity index (χ0v) is 17.1. The second-order valence-corrected chi connectivity index (χ2v) is 9.37. The highest BCUT2D eigenvalue weighted by molar-refractivity contribution is 5.77. The van der Waals surface area contributed by atoms with Crippen LogP contribution in [0, 0.1) is 12.3 Å². The Bertz CT molecular complexity index is 663. The van der Waals surface area contributed by atoms with Crippen molar-refractivity contribution in [3.05, 3.63) is 35.4 Å². The SMILES string of the molecule is CCOC12CC(CCCCCC(=O)N3CCCC3c3cccc(C)c3)(C1)C2. The number of likely N-dealkylation sites (tertiary alicyclic amines) is 1. The molecular weight excluding hydrogens is 334 g/mol. The molecule has 5 rings (SSSR count). The Labute approximate surface area is 164 Å². The van der Waals surface area contributed by atoms with E-state index in [9.17, 15) is 4.79 Å². The molecule has 2 bridgehead atoms. The van der Waals surface area contributed by atoms with Gasteiger partial charge in [-0.15, -0.1) is 0 Å². The van der Waals surface area contributed by atoms with Gasteiger partial charge in [-0.2, -0.15) is 0 Å². The highest BCUT2D eigenvalue weighted by Crippen LogP contribution is 2.71. The first-order valence-electron chi connectivity index (χ1n) is 11.0. The van der Waals surface area contributed by atoms with E-state index < -0.39 is 0 Å². The number of ether oxygens (including phenoxy) is 1. The fraction of sp³-hybridized carbons (Fsp3) is 0.708. The van der Waals surface area contributed by atoms with E-state index in [1.165, 1.54) is 49.7 Å². The van der Waals surface area contributed by atoms with Gasteiger partial charge in [-0.05, 0) is 69.8 Å². The fourth-order valence-corrected chi connectivity index (χ4v) is 6.01. The van der Waals surface area contributed by atoms with Gasteiger partial charge in [0.2, 0.25) is 5.91 Å². The number of nitrogens with zero attached hydrogens (tertiary/aromatic N) is 1. The summed E-state index contributed by atoms with van der Waals surface area (Å²) >= 11 is 0. The maximum absolute atomic E-state index is 12.8. The quantitative estimate of drug-likeness (QED) is 0.533. The summed E-state index contributed by atoms with van der Waals surface area (Å²) < 4.78 is 5.88. The maximum Gasteiger partial charge on any atom is 0.223 e. The van der Waals surface area contributed by atoms with Crippen LogP contribution in [0.4, 0.5) is 0 Å². The lowest BCUT2D eigenvalue weighted by atomic mass is 9.40. The molecule has 27 heavy (non-hydrogen) atoms. The molecule has 3 heteroatoms. The Balaban J connectivity index is 1.17. The van der Waals surface area contributed by atoms with E-state index in [2.05, 4.69) is 43.0 Å². The van der Waals surface area contributed by atoms with Crippen molar-refractivity contribution in [2.45, 2.75) is 89.7 Å². The van der Waals surface area contributed by atoms with E-state index >= 15 is 0 Å². The molecule has 1 saturated heterocycles. The van der Waals surface area contributed by atoms with Crippen LogP contribution in [-0.4, -0.2) is 29.6 Å². The van der Waals surface area contributed by atoms with E-state index in [1.54, 1.807) is 0 Å². The average Bonchev–Trinajstić information content (AvgIpc) is 3.07. The first-order chi connectivity index (χ1) is 13.0. The molecule has 1 unspecified atom stereocenters.